The molecule has 0 aliphatic carbocycles. The van der Waals surface area contributed by atoms with Crippen molar-refractivity contribution in [3.05, 3.63) is 107 Å². The molecule has 1 N–H and O–H groups in total. The number of thioether (sulfide) groups is 1. The molecule has 1 atom stereocenters. The van der Waals surface area contributed by atoms with Gasteiger partial charge in [0.1, 0.15) is 18.2 Å². The van der Waals surface area contributed by atoms with E-state index in [0.29, 0.717) is 12.4 Å². The number of hydrogen-bond acceptors (Lipinski definition) is 5. The van der Waals surface area contributed by atoms with Crippen molar-refractivity contribution in [1.82, 2.24) is 20.1 Å². The molecule has 1 unspecified atom stereocenters. The van der Waals surface area contributed by atoms with Gasteiger partial charge in [0.2, 0.25) is 11.8 Å². The fourth-order valence-electron chi connectivity index (χ4n) is 4.85. The van der Waals surface area contributed by atoms with Crippen molar-refractivity contribution in [3.8, 4) is 5.69 Å². The average Bonchev–Trinajstić information content (AvgIpc) is 3.26. The third kappa shape index (κ3) is 5.65. The number of carbonyl (C=O) groups is 2. The normalized spacial score (nSPS) is 15.5. The molecule has 0 saturated carbocycles. The van der Waals surface area contributed by atoms with Crippen LogP contribution in [0.1, 0.15) is 54.0 Å². The Balaban J connectivity index is 1.66. The number of pyridine rings is 1. The minimum absolute atomic E-state index is 0.157. The Hall–Kier alpha value is -3.98. The molecule has 7 nitrogen and oxygen atoms in total. The molecule has 40 heavy (non-hydrogen) atoms. The molecule has 1 aliphatic heterocycles. The lowest BCUT2D eigenvalue weighted by Gasteiger charge is -2.25. The summed E-state index contributed by atoms with van der Waals surface area (Å²) in [7, 11) is 0. The second-order valence-corrected chi connectivity index (χ2v) is 12.0. The van der Waals surface area contributed by atoms with Crippen LogP contribution in [0, 0.1) is 12.7 Å². The van der Waals surface area contributed by atoms with Crippen LogP contribution in [0.2, 0.25) is 0 Å². The molecule has 0 bridgehead atoms. The first kappa shape index (κ1) is 27.6. The largest absolute Gasteiger partial charge is 0.350 e. The predicted molar refractivity (Wildman–Crippen MR) is 156 cm³/mol. The maximum absolute atomic E-state index is 13.9. The molecule has 2 amide bonds. The van der Waals surface area contributed by atoms with Crippen molar-refractivity contribution in [2.24, 2.45) is 0 Å². The van der Waals surface area contributed by atoms with Gasteiger partial charge in [0.05, 0.1) is 22.4 Å². The third-order valence-electron chi connectivity index (χ3n) is 6.83. The van der Waals surface area contributed by atoms with Crippen LogP contribution in [0.3, 0.4) is 0 Å². The van der Waals surface area contributed by atoms with Crippen LogP contribution in [0.5, 0.6) is 0 Å². The number of aryl methyl sites for hydroxylation is 1. The number of hydrogen-bond donors (Lipinski definition) is 1. The van der Waals surface area contributed by atoms with Gasteiger partial charge in [-0.3, -0.25) is 19.5 Å². The van der Waals surface area contributed by atoms with E-state index in [-0.39, 0.29) is 40.6 Å². The number of halogens is 1. The van der Waals surface area contributed by atoms with E-state index in [9.17, 15) is 14.0 Å². The number of rotatable bonds is 6. The SMILES string of the molecule is Cc1ccccc1-n1nc(C(C)(C)C)c2c1N(CC(=O)NCc1cccnc1)C(=O)CSC2c1ccc(F)cc1. The Labute approximate surface area is 237 Å². The molecule has 9 heteroatoms. The summed E-state index contributed by atoms with van der Waals surface area (Å²) in [5.41, 5.74) is 4.85. The van der Waals surface area contributed by atoms with Crippen molar-refractivity contribution >= 4 is 29.4 Å². The summed E-state index contributed by atoms with van der Waals surface area (Å²) in [5.74, 6) is -0.0765. The zero-order chi connectivity index (χ0) is 28.4. The molecule has 4 aromatic rings. The van der Waals surface area contributed by atoms with Gasteiger partial charge >= 0.3 is 0 Å². The molecule has 0 fully saturated rings. The van der Waals surface area contributed by atoms with E-state index in [0.717, 1.165) is 33.6 Å². The lowest BCUT2D eigenvalue weighted by Crippen LogP contribution is -2.42. The summed E-state index contributed by atoms with van der Waals surface area (Å²) in [4.78, 5) is 32.7. The first-order valence-corrected chi connectivity index (χ1v) is 14.2. The molecule has 0 saturated heterocycles. The van der Waals surface area contributed by atoms with Crippen LogP contribution in [0.4, 0.5) is 10.2 Å². The van der Waals surface area contributed by atoms with Crippen LogP contribution in [0.25, 0.3) is 5.69 Å². The van der Waals surface area contributed by atoms with E-state index in [1.54, 1.807) is 34.1 Å². The lowest BCUT2D eigenvalue weighted by atomic mass is 9.87. The van der Waals surface area contributed by atoms with Crippen LogP contribution in [-0.4, -0.2) is 38.9 Å². The summed E-state index contributed by atoms with van der Waals surface area (Å²) in [6, 6.07) is 17.9. The Morgan fingerprint density at radius 2 is 1.85 bits per heavy atom. The molecule has 2 aromatic heterocycles. The van der Waals surface area contributed by atoms with Gasteiger partial charge in [-0.05, 0) is 47.9 Å². The molecule has 2 aromatic carbocycles. The molecular weight excluding hydrogens is 525 g/mol. The second kappa shape index (κ2) is 11.3. The smallest absolute Gasteiger partial charge is 0.240 e. The minimum atomic E-state index is -0.377. The maximum Gasteiger partial charge on any atom is 0.240 e. The number of nitrogens with one attached hydrogen (secondary N) is 1. The van der Waals surface area contributed by atoms with Crippen LogP contribution in [0.15, 0.2) is 73.1 Å². The summed E-state index contributed by atoms with van der Waals surface area (Å²) in [6.07, 6.45) is 3.37. The number of nitrogens with zero attached hydrogens (tertiary/aromatic N) is 4. The second-order valence-electron chi connectivity index (χ2n) is 10.9. The van der Waals surface area contributed by atoms with E-state index in [1.165, 1.54) is 23.9 Å². The Morgan fingerprint density at radius 3 is 2.52 bits per heavy atom. The van der Waals surface area contributed by atoms with Crippen molar-refractivity contribution in [2.45, 2.75) is 44.9 Å². The third-order valence-corrected chi connectivity index (χ3v) is 8.08. The lowest BCUT2D eigenvalue weighted by molar-refractivity contribution is -0.123. The molecule has 0 radical (unpaired) electrons. The number of aromatic nitrogens is 3. The highest BCUT2D eigenvalue weighted by molar-refractivity contribution is 8.00. The molecule has 3 heterocycles. The van der Waals surface area contributed by atoms with Crippen molar-refractivity contribution in [1.29, 1.82) is 0 Å². The minimum Gasteiger partial charge on any atom is -0.350 e. The fourth-order valence-corrected chi connectivity index (χ4v) is 6.04. The van der Waals surface area contributed by atoms with E-state index >= 15 is 0 Å². The van der Waals surface area contributed by atoms with E-state index < -0.39 is 0 Å². The van der Waals surface area contributed by atoms with Crippen LogP contribution in [-0.2, 0) is 21.5 Å². The topological polar surface area (TPSA) is 80.1 Å². The molecule has 5 rings (SSSR count). The summed E-state index contributed by atoms with van der Waals surface area (Å²) in [6.45, 7) is 8.39. The van der Waals surface area contributed by atoms with Gasteiger partial charge in [-0.2, -0.15) is 5.10 Å². The van der Waals surface area contributed by atoms with E-state index in [2.05, 4.69) is 31.1 Å². The zero-order valence-electron chi connectivity index (χ0n) is 23.0. The summed E-state index contributed by atoms with van der Waals surface area (Å²) < 4.78 is 15.7. The predicted octanol–water partition coefficient (Wildman–Crippen LogP) is 5.50. The number of amides is 2. The van der Waals surface area contributed by atoms with Gasteiger partial charge in [0.15, 0.2) is 0 Å². The first-order chi connectivity index (χ1) is 19.1. The van der Waals surface area contributed by atoms with Gasteiger partial charge in [-0.1, -0.05) is 57.2 Å². The van der Waals surface area contributed by atoms with Crippen molar-refractivity contribution in [2.75, 3.05) is 17.2 Å². The quantitative estimate of drug-likeness (QED) is 0.339. The van der Waals surface area contributed by atoms with Gasteiger partial charge in [0.25, 0.3) is 0 Å². The standard InChI is InChI=1S/C31H32FN5O2S/c1-20-8-5-6-10-24(20)37-30-27(29(35-37)31(2,3)4)28(22-11-13-23(32)14-12-22)40-19-26(39)36(30)18-25(38)34-17-21-9-7-15-33-16-21/h5-16,28H,17-19H2,1-4H3,(H,34,38). The highest BCUT2D eigenvalue weighted by atomic mass is 32.2. The molecule has 206 valence electrons. The fraction of sp³-hybridized carbons (Fsp3) is 0.290. The highest BCUT2D eigenvalue weighted by Gasteiger charge is 2.40. The summed E-state index contributed by atoms with van der Waals surface area (Å²) in [5, 5.41) is 7.75. The van der Waals surface area contributed by atoms with Gasteiger partial charge < -0.3 is 5.32 Å². The number of carbonyl (C=O) groups excluding carboxylic acids is 2. The number of para-hydroxylation sites is 1. The molecule has 1 aliphatic rings. The Morgan fingerprint density at radius 1 is 1.10 bits per heavy atom. The monoisotopic (exact) mass is 557 g/mol. The van der Waals surface area contributed by atoms with Crippen LogP contribution < -0.4 is 10.2 Å². The number of anilines is 1. The van der Waals surface area contributed by atoms with Crippen molar-refractivity contribution < 1.29 is 14.0 Å². The van der Waals surface area contributed by atoms with E-state index in [4.69, 9.17) is 5.10 Å². The van der Waals surface area contributed by atoms with Crippen molar-refractivity contribution in [3.63, 3.8) is 0 Å². The molecule has 0 spiro atoms. The van der Waals surface area contributed by atoms with Gasteiger partial charge in [-0.15, -0.1) is 11.8 Å². The Kier molecular flexibility index (Phi) is 7.76. The van der Waals surface area contributed by atoms with Crippen LogP contribution >= 0.6 is 11.8 Å². The van der Waals surface area contributed by atoms with Gasteiger partial charge in [0, 0.05) is 29.9 Å². The van der Waals surface area contributed by atoms with Gasteiger partial charge in [-0.25, -0.2) is 9.07 Å². The average molecular weight is 558 g/mol. The number of fused-ring (bicyclic) bond motifs is 1. The molecular formula is C31H32FN5O2S. The number of benzene rings is 2. The maximum atomic E-state index is 13.9. The van der Waals surface area contributed by atoms with E-state index in [1.807, 2.05) is 43.3 Å². The summed E-state index contributed by atoms with van der Waals surface area (Å²) >= 11 is 1.47. The Bertz CT molecular complexity index is 1530. The zero-order valence-corrected chi connectivity index (χ0v) is 23.8. The first-order valence-electron chi connectivity index (χ1n) is 13.2. The highest BCUT2D eigenvalue weighted by Crippen LogP contribution is 2.48.